The van der Waals surface area contributed by atoms with E-state index in [1.54, 1.807) is 47.8 Å². The number of hydrogen-bond donors (Lipinski definition) is 0. The monoisotopic (exact) mass is 396 g/mol. The average molecular weight is 396 g/mol. The molecule has 1 fully saturated rings. The van der Waals surface area contributed by atoms with Gasteiger partial charge in [0, 0.05) is 0 Å². The number of anilines is 2. The standard InChI is InChI=1S/C21H17FN2O3S/c1-27-18-9-5-4-8-17(18)23-12-19(25)24(16-7-3-2-6-15(16)22)20(21(23)26)14-10-11-28-13-14/h2-11,13,20H,12H2,1H3/t20-/m1/s1. The molecule has 4 rings (SSSR count). The number of ether oxygens (including phenoxy) is 1. The highest BCUT2D eigenvalue weighted by Crippen LogP contribution is 2.38. The van der Waals surface area contributed by atoms with Crippen LogP contribution in [0.5, 0.6) is 5.75 Å². The van der Waals surface area contributed by atoms with E-state index in [4.69, 9.17) is 4.74 Å². The number of rotatable bonds is 4. The van der Waals surface area contributed by atoms with Crippen LogP contribution in [-0.4, -0.2) is 25.5 Å². The molecule has 1 aliphatic heterocycles. The molecule has 1 atom stereocenters. The summed E-state index contributed by atoms with van der Waals surface area (Å²) >= 11 is 1.42. The van der Waals surface area contributed by atoms with Crippen molar-refractivity contribution in [2.45, 2.75) is 6.04 Å². The molecule has 0 bridgehead atoms. The first-order chi connectivity index (χ1) is 13.6. The van der Waals surface area contributed by atoms with E-state index in [0.717, 1.165) is 0 Å². The van der Waals surface area contributed by atoms with Crippen LogP contribution in [0.25, 0.3) is 0 Å². The molecule has 1 aromatic heterocycles. The molecule has 2 heterocycles. The summed E-state index contributed by atoms with van der Waals surface area (Å²) in [5.74, 6) is -0.737. The van der Waals surface area contributed by atoms with E-state index < -0.39 is 11.9 Å². The number of benzene rings is 2. The zero-order valence-electron chi connectivity index (χ0n) is 15.0. The minimum atomic E-state index is -0.950. The summed E-state index contributed by atoms with van der Waals surface area (Å²) in [4.78, 5) is 29.3. The van der Waals surface area contributed by atoms with Crippen molar-refractivity contribution < 1.29 is 18.7 Å². The number of carbonyl (C=O) groups is 2. The molecule has 0 aliphatic carbocycles. The molecular formula is C21H17FN2O3S. The highest BCUT2D eigenvalue weighted by atomic mass is 32.1. The second-order valence-corrected chi connectivity index (χ2v) is 7.05. The van der Waals surface area contributed by atoms with Crippen molar-refractivity contribution in [2.24, 2.45) is 0 Å². The van der Waals surface area contributed by atoms with E-state index in [0.29, 0.717) is 17.0 Å². The summed E-state index contributed by atoms with van der Waals surface area (Å²) in [6.45, 7) is -0.200. The Kier molecular flexibility index (Phi) is 4.83. The largest absolute Gasteiger partial charge is 0.495 e. The normalized spacial score (nSPS) is 17.1. The van der Waals surface area contributed by atoms with Gasteiger partial charge in [0.05, 0.1) is 18.5 Å². The number of halogens is 1. The van der Waals surface area contributed by atoms with Gasteiger partial charge in [-0.25, -0.2) is 4.39 Å². The van der Waals surface area contributed by atoms with Gasteiger partial charge in [-0.15, -0.1) is 0 Å². The van der Waals surface area contributed by atoms with Gasteiger partial charge in [0.25, 0.3) is 5.91 Å². The fraction of sp³-hybridized carbons (Fsp3) is 0.143. The maximum atomic E-state index is 14.5. The molecule has 0 radical (unpaired) electrons. The smallest absolute Gasteiger partial charge is 0.255 e. The van der Waals surface area contributed by atoms with Gasteiger partial charge in [0.2, 0.25) is 5.91 Å². The minimum Gasteiger partial charge on any atom is -0.495 e. The average Bonchev–Trinajstić information content (AvgIpc) is 3.24. The van der Waals surface area contributed by atoms with Gasteiger partial charge >= 0.3 is 0 Å². The number of thiophene rings is 1. The highest BCUT2D eigenvalue weighted by Gasteiger charge is 2.43. The number of amides is 2. The van der Waals surface area contributed by atoms with Crippen molar-refractivity contribution in [3.63, 3.8) is 0 Å². The lowest BCUT2D eigenvalue weighted by Crippen LogP contribution is -2.56. The number of piperazine rings is 1. The molecule has 2 aromatic carbocycles. The predicted octanol–water partition coefficient (Wildman–Crippen LogP) is 4.02. The summed E-state index contributed by atoms with van der Waals surface area (Å²) in [6.07, 6.45) is 0. The molecule has 1 aliphatic rings. The topological polar surface area (TPSA) is 49.9 Å². The Morgan fingerprint density at radius 1 is 1.04 bits per heavy atom. The van der Waals surface area contributed by atoms with Crippen LogP contribution in [0, 0.1) is 5.82 Å². The van der Waals surface area contributed by atoms with Gasteiger partial charge in [-0.05, 0) is 46.7 Å². The van der Waals surface area contributed by atoms with E-state index in [-0.39, 0.29) is 24.0 Å². The molecule has 3 aromatic rings. The molecule has 0 spiro atoms. The zero-order valence-corrected chi connectivity index (χ0v) is 15.9. The van der Waals surface area contributed by atoms with Crippen molar-refractivity contribution in [2.75, 3.05) is 23.5 Å². The molecule has 28 heavy (non-hydrogen) atoms. The Balaban J connectivity index is 1.83. The van der Waals surface area contributed by atoms with Gasteiger partial charge < -0.3 is 4.74 Å². The third-order valence-corrected chi connectivity index (χ3v) is 5.37. The molecule has 2 amide bonds. The molecule has 5 nitrogen and oxygen atoms in total. The molecule has 0 N–H and O–H groups in total. The van der Waals surface area contributed by atoms with E-state index in [1.807, 2.05) is 5.38 Å². The van der Waals surface area contributed by atoms with E-state index in [9.17, 15) is 14.0 Å². The van der Waals surface area contributed by atoms with Crippen LogP contribution in [0.3, 0.4) is 0 Å². The SMILES string of the molecule is COc1ccccc1N1CC(=O)N(c2ccccc2F)[C@H](c2ccsc2)C1=O. The summed E-state index contributed by atoms with van der Waals surface area (Å²) in [7, 11) is 1.51. The zero-order chi connectivity index (χ0) is 19.7. The van der Waals surface area contributed by atoms with Crippen LogP contribution < -0.4 is 14.5 Å². The maximum absolute atomic E-state index is 14.5. The van der Waals surface area contributed by atoms with Crippen molar-refractivity contribution >= 4 is 34.5 Å². The van der Waals surface area contributed by atoms with Crippen molar-refractivity contribution in [3.8, 4) is 5.75 Å². The molecule has 142 valence electrons. The van der Waals surface area contributed by atoms with Crippen LogP contribution >= 0.6 is 11.3 Å². The fourth-order valence-electron chi connectivity index (χ4n) is 3.39. The fourth-order valence-corrected chi connectivity index (χ4v) is 4.07. The Morgan fingerprint density at radius 2 is 1.75 bits per heavy atom. The van der Waals surface area contributed by atoms with E-state index in [1.165, 1.54) is 40.4 Å². The molecule has 1 saturated heterocycles. The second-order valence-electron chi connectivity index (χ2n) is 6.27. The van der Waals surface area contributed by atoms with Gasteiger partial charge in [0.15, 0.2) is 0 Å². The number of hydrogen-bond acceptors (Lipinski definition) is 4. The Morgan fingerprint density at radius 3 is 2.43 bits per heavy atom. The first-order valence-electron chi connectivity index (χ1n) is 8.65. The van der Waals surface area contributed by atoms with Gasteiger partial charge in [-0.2, -0.15) is 11.3 Å². The Hall–Kier alpha value is -3.19. The maximum Gasteiger partial charge on any atom is 0.255 e. The first kappa shape index (κ1) is 18.2. The third kappa shape index (κ3) is 3.03. The Labute approximate surface area is 165 Å². The third-order valence-electron chi connectivity index (χ3n) is 4.67. The molecule has 7 heteroatoms. The number of carbonyl (C=O) groups excluding carboxylic acids is 2. The van der Waals surface area contributed by atoms with Crippen molar-refractivity contribution in [3.05, 3.63) is 76.7 Å². The lowest BCUT2D eigenvalue weighted by atomic mass is 10.0. The summed E-state index contributed by atoms with van der Waals surface area (Å²) < 4.78 is 19.9. The summed E-state index contributed by atoms with van der Waals surface area (Å²) in [5.41, 5.74) is 1.25. The van der Waals surface area contributed by atoms with Crippen LogP contribution in [0.15, 0.2) is 65.4 Å². The quantitative estimate of drug-likeness (QED) is 0.669. The predicted molar refractivity (Wildman–Crippen MR) is 106 cm³/mol. The molecule has 0 saturated carbocycles. The number of para-hydroxylation sites is 3. The first-order valence-corrected chi connectivity index (χ1v) is 9.59. The van der Waals surface area contributed by atoms with Crippen LogP contribution in [0.4, 0.5) is 15.8 Å². The lowest BCUT2D eigenvalue weighted by Gasteiger charge is -2.40. The minimum absolute atomic E-state index is 0.0942. The van der Waals surface area contributed by atoms with Gasteiger partial charge in [0.1, 0.15) is 24.2 Å². The Bertz CT molecular complexity index is 1020. The van der Waals surface area contributed by atoms with Crippen molar-refractivity contribution in [1.29, 1.82) is 0 Å². The van der Waals surface area contributed by atoms with E-state index in [2.05, 4.69) is 0 Å². The summed E-state index contributed by atoms with van der Waals surface area (Å²) in [6, 6.07) is 13.9. The van der Waals surface area contributed by atoms with Crippen LogP contribution in [0.1, 0.15) is 11.6 Å². The molecule has 0 unspecified atom stereocenters. The summed E-state index contributed by atoms with van der Waals surface area (Å²) in [5, 5.41) is 3.63. The van der Waals surface area contributed by atoms with Gasteiger partial charge in [-0.1, -0.05) is 24.3 Å². The second kappa shape index (κ2) is 7.44. The van der Waals surface area contributed by atoms with Crippen molar-refractivity contribution in [1.82, 2.24) is 0 Å². The molecular weight excluding hydrogens is 379 g/mol. The van der Waals surface area contributed by atoms with Crippen LogP contribution in [-0.2, 0) is 9.59 Å². The van der Waals surface area contributed by atoms with Crippen LogP contribution in [0.2, 0.25) is 0 Å². The lowest BCUT2D eigenvalue weighted by molar-refractivity contribution is -0.128. The van der Waals surface area contributed by atoms with E-state index >= 15 is 0 Å². The highest BCUT2D eigenvalue weighted by molar-refractivity contribution is 7.08. The van der Waals surface area contributed by atoms with Gasteiger partial charge in [-0.3, -0.25) is 19.4 Å². The number of nitrogens with zero attached hydrogens (tertiary/aromatic N) is 2. The number of methoxy groups -OCH3 is 1.